The lowest BCUT2D eigenvalue weighted by atomic mass is 10.4. The molecule has 0 aromatic rings. The minimum Gasteiger partial charge on any atom is -0.350 e. The molecule has 8 heavy (non-hydrogen) atoms. The molecule has 0 aliphatic heterocycles. The number of carbonyl (C=O) groups is 1. The summed E-state index contributed by atoms with van der Waals surface area (Å²) in [5, 5.41) is 0. The second kappa shape index (κ2) is 3.15. The quantitative estimate of drug-likeness (QED) is 0.451. The standard InChI is InChI=1S/C4H9N3O/c1-3(5)2-7-4(6)8/h2-3H,5H2,1H3,(H2,6,8)/b7-2+. The Hall–Kier alpha value is -0.900. The zero-order chi connectivity index (χ0) is 6.57. The summed E-state index contributed by atoms with van der Waals surface area (Å²) in [6, 6.07) is -0.912. The Bertz CT molecular complexity index is 108. The Kier molecular flexibility index (Phi) is 2.79. The molecule has 1 atom stereocenters. The monoisotopic (exact) mass is 115 g/mol. The first-order valence-electron chi connectivity index (χ1n) is 2.22. The summed E-state index contributed by atoms with van der Waals surface area (Å²) in [4.78, 5) is 13.1. The number of nitrogens with two attached hydrogens (primary N) is 2. The number of primary amides is 1. The van der Waals surface area contributed by atoms with Crippen LogP contribution in [-0.4, -0.2) is 18.3 Å². The highest BCUT2D eigenvalue weighted by atomic mass is 16.2. The third-order valence-electron chi connectivity index (χ3n) is 0.437. The molecule has 0 rings (SSSR count). The lowest BCUT2D eigenvalue weighted by Gasteiger charge is -1.88. The van der Waals surface area contributed by atoms with E-state index < -0.39 is 6.03 Å². The van der Waals surface area contributed by atoms with Crippen molar-refractivity contribution in [3.63, 3.8) is 0 Å². The van der Waals surface area contributed by atoms with Crippen molar-refractivity contribution in [2.45, 2.75) is 13.0 Å². The molecule has 0 aliphatic carbocycles. The molecule has 0 fully saturated rings. The first-order valence-corrected chi connectivity index (χ1v) is 2.22. The lowest BCUT2D eigenvalue weighted by Crippen LogP contribution is -2.18. The zero-order valence-corrected chi connectivity index (χ0v) is 4.66. The van der Waals surface area contributed by atoms with Gasteiger partial charge < -0.3 is 11.5 Å². The van der Waals surface area contributed by atoms with E-state index in [2.05, 4.69) is 10.7 Å². The topological polar surface area (TPSA) is 81.5 Å². The predicted molar refractivity (Wildman–Crippen MR) is 31.7 cm³/mol. The van der Waals surface area contributed by atoms with E-state index in [1.54, 1.807) is 6.92 Å². The molecular weight excluding hydrogens is 106 g/mol. The van der Waals surface area contributed by atoms with Gasteiger partial charge in [-0.15, -0.1) is 0 Å². The molecule has 0 aliphatic rings. The lowest BCUT2D eigenvalue weighted by molar-refractivity contribution is 0.257. The smallest absolute Gasteiger partial charge is 0.338 e. The van der Waals surface area contributed by atoms with Crippen molar-refractivity contribution < 1.29 is 4.79 Å². The fourth-order valence-corrected chi connectivity index (χ4v) is 0.191. The molecule has 0 aromatic carbocycles. The molecule has 4 N–H and O–H groups in total. The van der Waals surface area contributed by atoms with E-state index in [0.29, 0.717) is 0 Å². The SMILES string of the molecule is CC(N)/C=N/C(N)=O. The molecule has 0 heterocycles. The normalized spacial score (nSPS) is 14.2. The molecule has 0 bridgehead atoms. The van der Waals surface area contributed by atoms with Crippen LogP contribution in [0.4, 0.5) is 4.79 Å². The largest absolute Gasteiger partial charge is 0.350 e. The van der Waals surface area contributed by atoms with E-state index in [0.717, 1.165) is 0 Å². The minimum atomic E-state index is -0.706. The minimum absolute atomic E-state index is 0.206. The Balaban J connectivity index is 3.50. The van der Waals surface area contributed by atoms with Gasteiger partial charge in [0.05, 0.1) is 0 Å². The summed E-state index contributed by atoms with van der Waals surface area (Å²) in [5.41, 5.74) is 9.83. The van der Waals surface area contributed by atoms with Crippen molar-refractivity contribution in [3.8, 4) is 0 Å². The Morgan fingerprint density at radius 2 is 2.38 bits per heavy atom. The molecule has 0 radical (unpaired) electrons. The maximum atomic E-state index is 9.87. The summed E-state index contributed by atoms with van der Waals surface area (Å²) in [6.45, 7) is 1.70. The Morgan fingerprint density at radius 1 is 1.88 bits per heavy atom. The third kappa shape index (κ3) is 5.10. The van der Waals surface area contributed by atoms with Gasteiger partial charge in [0.25, 0.3) is 0 Å². The van der Waals surface area contributed by atoms with Gasteiger partial charge in [0.1, 0.15) is 0 Å². The highest BCUT2D eigenvalue weighted by molar-refractivity contribution is 5.83. The van der Waals surface area contributed by atoms with Gasteiger partial charge >= 0.3 is 6.03 Å². The average molecular weight is 115 g/mol. The van der Waals surface area contributed by atoms with E-state index in [-0.39, 0.29) is 6.04 Å². The van der Waals surface area contributed by atoms with Crippen molar-refractivity contribution in [1.29, 1.82) is 0 Å². The molecule has 4 nitrogen and oxygen atoms in total. The molecule has 46 valence electrons. The summed E-state index contributed by atoms with van der Waals surface area (Å²) in [7, 11) is 0. The maximum Gasteiger partial charge on any atom is 0.338 e. The van der Waals surface area contributed by atoms with Crippen molar-refractivity contribution in [1.82, 2.24) is 0 Å². The van der Waals surface area contributed by atoms with Crippen LogP contribution in [0.5, 0.6) is 0 Å². The molecule has 0 saturated carbocycles. The van der Waals surface area contributed by atoms with Crippen molar-refractivity contribution in [3.05, 3.63) is 0 Å². The molecular formula is C4H9N3O. The number of rotatable bonds is 1. The summed E-state index contributed by atoms with van der Waals surface area (Å²) >= 11 is 0. The van der Waals surface area contributed by atoms with Crippen LogP contribution in [0.2, 0.25) is 0 Å². The van der Waals surface area contributed by atoms with Crippen LogP contribution in [0.3, 0.4) is 0 Å². The van der Waals surface area contributed by atoms with E-state index in [9.17, 15) is 4.79 Å². The first-order chi connectivity index (χ1) is 3.63. The highest BCUT2D eigenvalue weighted by Crippen LogP contribution is 1.68. The second-order valence-electron chi connectivity index (χ2n) is 1.48. The van der Waals surface area contributed by atoms with Gasteiger partial charge in [0, 0.05) is 12.3 Å². The van der Waals surface area contributed by atoms with Crippen molar-refractivity contribution >= 4 is 12.2 Å². The number of hydrogen-bond acceptors (Lipinski definition) is 2. The number of carbonyl (C=O) groups excluding carboxylic acids is 1. The van der Waals surface area contributed by atoms with Gasteiger partial charge in [-0.25, -0.2) is 9.79 Å². The van der Waals surface area contributed by atoms with E-state index in [4.69, 9.17) is 5.73 Å². The van der Waals surface area contributed by atoms with Gasteiger partial charge in [0.15, 0.2) is 0 Å². The van der Waals surface area contributed by atoms with Crippen molar-refractivity contribution in [2.75, 3.05) is 0 Å². The number of aliphatic imine (C=N–C) groups is 1. The second-order valence-corrected chi connectivity index (χ2v) is 1.48. The fourth-order valence-electron chi connectivity index (χ4n) is 0.191. The van der Waals surface area contributed by atoms with Crippen molar-refractivity contribution in [2.24, 2.45) is 16.5 Å². The molecule has 0 saturated heterocycles. The van der Waals surface area contributed by atoms with Gasteiger partial charge in [-0.2, -0.15) is 0 Å². The Labute approximate surface area is 47.6 Å². The van der Waals surface area contributed by atoms with E-state index in [1.165, 1.54) is 6.21 Å². The summed E-state index contributed by atoms with van der Waals surface area (Å²) < 4.78 is 0. The highest BCUT2D eigenvalue weighted by Gasteiger charge is 1.85. The van der Waals surface area contributed by atoms with Gasteiger partial charge in [0.2, 0.25) is 0 Å². The molecule has 0 spiro atoms. The number of amides is 2. The van der Waals surface area contributed by atoms with Crippen LogP contribution in [0.1, 0.15) is 6.92 Å². The van der Waals surface area contributed by atoms with Gasteiger partial charge in [-0.05, 0) is 6.92 Å². The Morgan fingerprint density at radius 3 is 2.50 bits per heavy atom. The van der Waals surface area contributed by atoms with Crippen LogP contribution in [0.15, 0.2) is 4.99 Å². The van der Waals surface area contributed by atoms with Gasteiger partial charge in [-0.1, -0.05) is 0 Å². The van der Waals surface area contributed by atoms with Crippen LogP contribution < -0.4 is 11.5 Å². The van der Waals surface area contributed by atoms with Crippen LogP contribution in [0, 0.1) is 0 Å². The molecule has 1 unspecified atom stereocenters. The molecule has 4 heteroatoms. The summed E-state index contributed by atoms with van der Waals surface area (Å²) in [5.74, 6) is 0. The average Bonchev–Trinajstić information content (AvgIpc) is 1.61. The van der Waals surface area contributed by atoms with E-state index >= 15 is 0 Å². The van der Waals surface area contributed by atoms with E-state index in [1.807, 2.05) is 0 Å². The number of hydrogen-bond donors (Lipinski definition) is 2. The zero-order valence-electron chi connectivity index (χ0n) is 4.66. The predicted octanol–water partition coefficient (Wildman–Crippen LogP) is -0.517. The summed E-state index contributed by atoms with van der Waals surface area (Å²) in [6.07, 6.45) is 1.29. The van der Waals surface area contributed by atoms with Crippen LogP contribution in [0.25, 0.3) is 0 Å². The third-order valence-corrected chi connectivity index (χ3v) is 0.437. The first kappa shape index (κ1) is 7.10. The van der Waals surface area contributed by atoms with Crippen LogP contribution >= 0.6 is 0 Å². The fraction of sp³-hybridized carbons (Fsp3) is 0.500. The molecule has 0 aromatic heterocycles. The van der Waals surface area contributed by atoms with Crippen LogP contribution in [-0.2, 0) is 0 Å². The number of urea groups is 1. The van der Waals surface area contributed by atoms with Gasteiger partial charge in [-0.3, -0.25) is 0 Å². The number of nitrogens with zero attached hydrogens (tertiary/aromatic N) is 1. The molecule has 2 amide bonds. The maximum absolute atomic E-state index is 9.87.